The Morgan fingerprint density at radius 1 is 0.750 bits per heavy atom. The first-order valence-corrected chi connectivity index (χ1v) is 11.6. The molecule has 0 aliphatic carbocycles. The van der Waals surface area contributed by atoms with Crippen molar-refractivity contribution in [3.63, 3.8) is 0 Å². The molecule has 0 saturated heterocycles. The predicted molar refractivity (Wildman–Crippen MR) is 114 cm³/mol. The third-order valence-electron chi connectivity index (χ3n) is 4.46. The Labute approximate surface area is 202 Å². The van der Waals surface area contributed by atoms with Gasteiger partial charge >= 0.3 is 12.4 Å². The highest BCUT2D eigenvalue weighted by Gasteiger charge is 2.34. The Bertz CT molecular complexity index is 1200. The second-order valence-electron chi connectivity index (χ2n) is 7.33. The number of benzene rings is 1. The summed E-state index contributed by atoms with van der Waals surface area (Å²) in [6.07, 6.45) is -6.68. The number of halogens is 6. The molecule has 0 unspecified atom stereocenters. The Morgan fingerprint density at radius 2 is 1.28 bits per heavy atom. The zero-order chi connectivity index (χ0) is 26.4. The first-order chi connectivity index (χ1) is 16.8. The highest BCUT2D eigenvalue weighted by molar-refractivity contribution is 7.89. The van der Waals surface area contributed by atoms with Crippen molar-refractivity contribution in [2.24, 2.45) is 0 Å². The Balaban J connectivity index is 2.05. The average molecular weight is 535 g/mol. The van der Waals surface area contributed by atoms with Crippen molar-refractivity contribution < 1.29 is 44.2 Å². The van der Waals surface area contributed by atoms with E-state index in [0.29, 0.717) is 17.5 Å². The topological polar surface area (TPSA) is 81.6 Å². The van der Waals surface area contributed by atoms with E-state index in [1.807, 2.05) is 0 Å². The van der Waals surface area contributed by atoms with Crippen LogP contribution in [0.5, 0.6) is 11.5 Å². The number of alkyl halides is 6. The fourth-order valence-electron chi connectivity index (χ4n) is 2.93. The molecule has 0 radical (unpaired) electrons. The van der Waals surface area contributed by atoms with Crippen LogP contribution in [0.3, 0.4) is 0 Å². The molecule has 0 bridgehead atoms. The van der Waals surface area contributed by atoms with E-state index in [4.69, 9.17) is 4.74 Å². The molecule has 2 heterocycles. The van der Waals surface area contributed by atoms with Crippen LogP contribution in [0, 0.1) is 0 Å². The van der Waals surface area contributed by atoms with Gasteiger partial charge in [0.25, 0.3) is 0 Å². The average Bonchev–Trinajstić information content (AvgIpc) is 2.81. The molecule has 14 heteroatoms. The van der Waals surface area contributed by atoms with Crippen LogP contribution < -0.4 is 9.47 Å². The summed E-state index contributed by atoms with van der Waals surface area (Å²) in [4.78, 5) is 7.35. The van der Waals surface area contributed by atoms with E-state index in [0.717, 1.165) is 16.4 Å². The van der Waals surface area contributed by atoms with E-state index in [1.165, 1.54) is 24.5 Å². The summed E-state index contributed by atoms with van der Waals surface area (Å²) in [5.74, 6) is -1.24. The van der Waals surface area contributed by atoms with Gasteiger partial charge in [0.1, 0.15) is 16.4 Å². The van der Waals surface area contributed by atoms with Crippen LogP contribution in [-0.2, 0) is 23.1 Å². The fraction of sp³-hybridized carbons (Fsp3) is 0.273. The minimum absolute atomic E-state index is 0.305. The number of hydrogen-bond acceptors (Lipinski definition) is 6. The van der Waals surface area contributed by atoms with Gasteiger partial charge in [-0.15, -0.1) is 0 Å². The summed E-state index contributed by atoms with van der Waals surface area (Å²) in [5.41, 5.74) is 0.610. The second-order valence-corrected chi connectivity index (χ2v) is 9.24. The number of aromatic nitrogens is 2. The van der Waals surface area contributed by atoms with Gasteiger partial charge in [0.15, 0.2) is 13.2 Å². The Morgan fingerprint density at radius 3 is 1.75 bits per heavy atom. The molecule has 3 aromatic rings. The third kappa shape index (κ3) is 8.09. The number of ether oxygens (including phenoxy) is 2. The number of pyridine rings is 2. The molecule has 0 atom stereocenters. The molecule has 194 valence electrons. The maximum absolute atomic E-state index is 13.7. The zero-order valence-corrected chi connectivity index (χ0v) is 19.1. The van der Waals surface area contributed by atoms with Crippen LogP contribution in [0.25, 0.3) is 0 Å². The van der Waals surface area contributed by atoms with Gasteiger partial charge < -0.3 is 9.47 Å². The van der Waals surface area contributed by atoms with Gasteiger partial charge in [-0.3, -0.25) is 9.97 Å². The maximum atomic E-state index is 13.7. The Kier molecular flexibility index (Phi) is 8.40. The van der Waals surface area contributed by atoms with Gasteiger partial charge in [-0.1, -0.05) is 12.1 Å². The quantitative estimate of drug-likeness (QED) is 0.349. The largest absolute Gasteiger partial charge is 0.484 e. The van der Waals surface area contributed by atoms with Crippen molar-refractivity contribution in [3.05, 3.63) is 78.4 Å². The normalized spacial score (nSPS) is 12.5. The summed E-state index contributed by atoms with van der Waals surface area (Å²) < 4.78 is 114. The van der Waals surface area contributed by atoms with Gasteiger partial charge in [0, 0.05) is 18.5 Å². The standard InChI is InChI=1S/C22H19F6N3O4S/c23-21(24,25)14-34-18-7-8-19(35-15-22(26,27)28)20(11-18)36(32,33)31(12-16-5-1-3-9-29-16)13-17-6-2-4-10-30-17/h1-11H,12-15H2. The lowest BCUT2D eigenvalue weighted by atomic mass is 10.3. The van der Waals surface area contributed by atoms with E-state index in [2.05, 4.69) is 14.7 Å². The van der Waals surface area contributed by atoms with Crippen molar-refractivity contribution >= 4 is 10.0 Å². The number of nitrogens with zero attached hydrogens (tertiary/aromatic N) is 3. The molecule has 3 rings (SSSR count). The van der Waals surface area contributed by atoms with E-state index < -0.39 is 52.0 Å². The third-order valence-corrected chi connectivity index (χ3v) is 6.27. The van der Waals surface area contributed by atoms with Gasteiger partial charge in [0.2, 0.25) is 10.0 Å². The van der Waals surface area contributed by atoms with Crippen LogP contribution in [-0.4, -0.2) is 48.3 Å². The molecular formula is C22H19F6N3O4S. The smallest absolute Gasteiger partial charge is 0.422 e. The predicted octanol–water partition coefficient (Wildman–Crippen LogP) is 4.75. The zero-order valence-electron chi connectivity index (χ0n) is 18.3. The lowest BCUT2D eigenvalue weighted by molar-refractivity contribution is -0.154. The first-order valence-electron chi connectivity index (χ1n) is 10.2. The van der Waals surface area contributed by atoms with Crippen LogP contribution in [0.2, 0.25) is 0 Å². The molecule has 0 amide bonds. The lowest BCUT2D eigenvalue weighted by Crippen LogP contribution is -2.31. The van der Waals surface area contributed by atoms with Gasteiger partial charge in [0.05, 0.1) is 24.5 Å². The number of rotatable bonds is 10. The molecule has 0 spiro atoms. The molecule has 0 saturated carbocycles. The molecule has 0 fully saturated rings. The van der Waals surface area contributed by atoms with Crippen molar-refractivity contribution in [2.75, 3.05) is 13.2 Å². The van der Waals surface area contributed by atoms with Crippen molar-refractivity contribution in [1.82, 2.24) is 14.3 Å². The van der Waals surface area contributed by atoms with E-state index in [-0.39, 0.29) is 13.1 Å². The Hall–Kier alpha value is -3.39. The van der Waals surface area contributed by atoms with Gasteiger partial charge in [-0.25, -0.2) is 8.42 Å². The molecule has 7 nitrogen and oxygen atoms in total. The van der Waals surface area contributed by atoms with E-state index in [1.54, 1.807) is 24.3 Å². The molecule has 0 aliphatic rings. The highest BCUT2D eigenvalue weighted by atomic mass is 32.2. The summed E-state index contributed by atoms with van der Waals surface area (Å²) in [6.45, 7) is -4.18. The fourth-order valence-corrected chi connectivity index (χ4v) is 4.46. The van der Waals surface area contributed by atoms with Crippen molar-refractivity contribution in [2.45, 2.75) is 30.3 Å². The van der Waals surface area contributed by atoms with E-state index >= 15 is 0 Å². The number of hydrogen-bond donors (Lipinski definition) is 0. The van der Waals surface area contributed by atoms with Gasteiger partial charge in [-0.05, 0) is 36.4 Å². The molecule has 2 aromatic heterocycles. The van der Waals surface area contributed by atoms with Crippen LogP contribution >= 0.6 is 0 Å². The summed E-state index contributed by atoms with van der Waals surface area (Å²) in [6, 6.07) is 11.9. The minimum Gasteiger partial charge on any atom is -0.484 e. The lowest BCUT2D eigenvalue weighted by Gasteiger charge is -2.24. The molecule has 36 heavy (non-hydrogen) atoms. The SMILES string of the molecule is O=S(=O)(c1cc(OCC(F)(F)F)ccc1OCC(F)(F)F)N(Cc1ccccn1)Cc1ccccn1. The minimum atomic E-state index is -4.80. The second kappa shape index (κ2) is 11.1. The summed E-state index contributed by atoms with van der Waals surface area (Å²) in [7, 11) is -4.67. The molecular weight excluding hydrogens is 516 g/mol. The monoisotopic (exact) mass is 535 g/mol. The van der Waals surface area contributed by atoms with E-state index in [9.17, 15) is 34.8 Å². The van der Waals surface area contributed by atoms with Crippen molar-refractivity contribution in [3.8, 4) is 11.5 Å². The number of sulfonamides is 1. The maximum Gasteiger partial charge on any atom is 0.422 e. The summed E-state index contributed by atoms with van der Waals surface area (Å²) >= 11 is 0. The van der Waals surface area contributed by atoms with Crippen LogP contribution in [0.1, 0.15) is 11.4 Å². The molecule has 0 N–H and O–H groups in total. The summed E-state index contributed by atoms with van der Waals surface area (Å²) in [5, 5.41) is 0. The molecule has 0 aliphatic heterocycles. The van der Waals surface area contributed by atoms with Crippen LogP contribution in [0.4, 0.5) is 26.3 Å². The first kappa shape index (κ1) is 27.2. The van der Waals surface area contributed by atoms with Crippen molar-refractivity contribution in [1.29, 1.82) is 0 Å². The highest BCUT2D eigenvalue weighted by Crippen LogP contribution is 2.34. The van der Waals surface area contributed by atoms with Crippen LogP contribution in [0.15, 0.2) is 71.9 Å². The molecule has 1 aromatic carbocycles. The van der Waals surface area contributed by atoms with Gasteiger partial charge in [-0.2, -0.15) is 30.6 Å².